The van der Waals surface area contributed by atoms with E-state index in [0.717, 1.165) is 27.9 Å². The van der Waals surface area contributed by atoms with Gasteiger partial charge in [-0.05, 0) is 46.5 Å². The second kappa shape index (κ2) is 13.3. The van der Waals surface area contributed by atoms with Crippen molar-refractivity contribution in [2.24, 2.45) is 0 Å². The summed E-state index contributed by atoms with van der Waals surface area (Å²) in [4.78, 5) is 11.8. The fourth-order valence-corrected chi connectivity index (χ4v) is 8.39. The van der Waals surface area contributed by atoms with Crippen LogP contribution >= 0.6 is 0 Å². The maximum Gasteiger partial charge on any atom is 0.200 e. The van der Waals surface area contributed by atoms with Gasteiger partial charge in [0, 0.05) is 16.3 Å². The van der Waals surface area contributed by atoms with E-state index in [1.54, 1.807) is 18.2 Å². The lowest BCUT2D eigenvalue weighted by Crippen LogP contribution is -2.35. The van der Waals surface area contributed by atoms with Crippen molar-refractivity contribution in [3.8, 4) is 39.9 Å². The van der Waals surface area contributed by atoms with E-state index in [1.807, 2.05) is 103 Å². The van der Waals surface area contributed by atoms with Gasteiger partial charge in [-0.15, -0.1) is 0 Å². The molecule has 2 aromatic heterocycles. The number of halogens is 10. The Morgan fingerprint density at radius 3 is 1.35 bits per heavy atom. The second-order valence-electron chi connectivity index (χ2n) is 14.0. The van der Waals surface area contributed by atoms with Gasteiger partial charge in [0.05, 0.1) is 33.3 Å². The van der Waals surface area contributed by atoms with Gasteiger partial charge >= 0.3 is 0 Å². The molecular formula is C46H20F10N4. The molecule has 3 heterocycles. The zero-order valence-electron chi connectivity index (χ0n) is 30.1. The smallest absolute Gasteiger partial charge is 0.200 e. The Bertz CT molecular complexity index is 3090. The third kappa shape index (κ3) is 4.96. The van der Waals surface area contributed by atoms with Crippen molar-refractivity contribution >= 4 is 21.8 Å². The SMILES string of the molecule is Fc1c(F)c(F)c(-c2nc(-c3cc4c5c(c3)c3ccccc3n5-c3ccccc3C4(c3ccccc3)c3ccccc3)nc(-c3c(F)c(F)c(F)c(F)c3F)n2)c(F)c1F. The van der Waals surface area contributed by atoms with E-state index in [9.17, 15) is 26.3 Å². The van der Waals surface area contributed by atoms with Crippen LogP contribution in [0.15, 0.2) is 121 Å². The van der Waals surface area contributed by atoms with E-state index in [2.05, 4.69) is 19.5 Å². The second-order valence-corrected chi connectivity index (χ2v) is 14.0. The first kappa shape index (κ1) is 37.0. The van der Waals surface area contributed by atoms with Crippen LogP contribution in [0.1, 0.15) is 22.3 Å². The molecule has 0 saturated carbocycles. The Kier molecular flexibility index (Phi) is 8.22. The minimum absolute atomic E-state index is 0.0475. The Labute approximate surface area is 331 Å². The molecule has 60 heavy (non-hydrogen) atoms. The number of benzene rings is 7. The molecule has 294 valence electrons. The lowest BCUT2D eigenvalue weighted by Gasteiger charge is -2.42. The number of hydrogen-bond donors (Lipinski definition) is 0. The maximum absolute atomic E-state index is 15.5. The lowest BCUT2D eigenvalue weighted by atomic mass is 9.63. The average molecular weight is 819 g/mol. The summed E-state index contributed by atoms with van der Waals surface area (Å²) in [7, 11) is 0. The molecule has 0 aliphatic carbocycles. The number of hydrogen-bond acceptors (Lipinski definition) is 3. The molecule has 0 atom stereocenters. The molecular weight excluding hydrogens is 799 g/mol. The lowest BCUT2D eigenvalue weighted by molar-refractivity contribution is 0.380. The molecule has 0 radical (unpaired) electrons. The highest BCUT2D eigenvalue weighted by molar-refractivity contribution is 6.13. The first-order valence-corrected chi connectivity index (χ1v) is 18.0. The molecule has 0 unspecified atom stereocenters. The molecule has 10 rings (SSSR count). The standard InChI is InChI=1S/C46H20F10N4/c47-32-30(33(48)37(52)40(55)36(32)51)44-57-43(58-45(59-44)31-34(49)38(53)41(56)39(54)35(31)50)21-19-25-24-15-7-9-17-28(24)60-29-18-10-8-16-26(29)46(27(20-21)42(25)60,22-11-3-1-4-12-22)23-13-5-2-6-14-23/h1-20H. The van der Waals surface area contributed by atoms with Crippen LogP contribution in [0, 0.1) is 58.2 Å². The van der Waals surface area contributed by atoms with Gasteiger partial charge in [0.15, 0.2) is 64.0 Å². The highest BCUT2D eigenvalue weighted by Gasteiger charge is 2.46. The van der Waals surface area contributed by atoms with E-state index < -0.39 is 92.2 Å². The molecule has 0 spiro atoms. The predicted octanol–water partition coefficient (Wildman–Crippen LogP) is 12.1. The highest BCUT2D eigenvalue weighted by atomic mass is 19.2. The first-order valence-electron chi connectivity index (χ1n) is 18.0. The highest BCUT2D eigenvalue weighted by Crippen LogP contribution is 2.55. The van der Waals surface area contributed by atoms with Crippen LogP contribution < -0.4 is 0 Å². The summed E-state index contributed by atoms with van der Waals surface area (Å²) in [6, 6.07) is 37.0. The number of rotatable bonds is 5. The zero-order valence-corrected chi connectivity index (χ0v) is 30.1. The summed E-state index contributed by atoms with van der Waals surface area (Å²) in [6.45, 7) is 0. The van der Waals surface area contributed by atoms with Gasteiger partial charge in [0.25, 0.3) is 0 Å². The van der Waals surface area contributed by atoms with Gasteiger partial charge in [-0.1, -0.05) is 97.1 Å². The van der Waals surface area contributed by atoms with E-state index in [0.29, 0.717) is 21.9 Å². The van der Waals surface area contributed by atoms with Crippen LogP contribution in [-0.2, 0) is 5.41 Å². The van der Waals surface area contributed by atoms with Crippen molar-refractivity contribution in [1.82, 2.24) is 19.5 Å². The number of aromatic nitrogens is 4. The van der Waals surface area contributed by atoms with Crippen molar-refractivity contribution in [1.29, 1.82) is 0 Å². The van der Waals surface area contributed by atoms with Gasteiger partial charge in [-0.2, -0.15) is 0 Å². The van der Waals surface area contributed by atoms with E-state index in [4.69, 9.17) is 0 Å². The van der Waals surface area contributed by atoms with Crippen LogP contribution in [0.25, 0.3) is 61.7 Å². The Morgan fingerprint density at radius 1 is 0.383 bits per heavy atom. The third-order valence-electron chi connectivity index (χ3n) is 10.9. The van der Waals surface area contributed by atoms with Gasteiger partial charge in [-0.3, -0.25) is 0 Å². The third-order valence-corrected chi connectivity index (χ3v) is 10.9. The largest absolute Gasteiger partial charge is 0.309 e. The molecule has 0 amide bonds. The molecule has 1 aliphatic rings. The maximum atomic E-state index is 15.5. The summed E-state index contributed by atoms with van der Waals surface area (Å²) in [6.07, 6.45) is 0. The van der Waals surface area contributed by atoms with Crippen LogP contribution in [0.2, 0.25) is 0 Å². The molecule has 7 aromatic carbocycles. The Morgan fingerprint density at radius 2 is 0.817 bits per heavy atom. The normalized spacial score (nSPS) is 13.0. The van der Waals surface area contributed by atoms with E-state index in [1.165, 1.54) is 0 Å². The van der Waals surface area contributed by atoms with Crippen molar-refractivity contribution < 1.29 is 43.9 Å². The molecule has 0 bridgehead atoms. The molecule has 14 heteroatoms. The van der Waals surface area contributed by atoms with Gasteiger partial charge in [-0.25, -0.2) is 58.9 Å². The van der Waals surface area contributed by atoms with Gasteiger partial charge in [0.2, 0.25) is 11.6 Å². The summed E-state index contributed by atoms with van der Waals surface area (Å²) in [5, 5.41) is 1.22. The van der Waals surface area contributed by atoms with Gasteiger partial charge < -0.3 is 4.57 Å². The number of fused-ring (bicyclic) bond motifs is 5. The van der Waals surface area contributed by atoms with Crippen molar-refractivity contribution in [2.75, 3.05) is 0 Å². The van der Waals surface area contributed by atoms with Crippen molar-refractivity contribution in [3.05, 3.63) is 202 Å². The van der Waals surface area contributed by atoms with Crippen molar-refractivity contribution in [3.63, 3.8) is 0 Å². The van der Waals surface area contributed by atoms with E-state index >= 15 is 17.6 Å². The summed E-state index contributed by atoms with van der Waals surface area (Å²) in [5.41, 5.74) is 0.469. The van der Waals surface area contributed by atoms with Crippen molar-refractivity contribution in [2.45, 2.75) is 5.41 Å². The van der Waals surface area contributed by atoms with E-state index in [-0.39, 0.29) is 5.56 Å². The van der Waals surface area contributed by atoms with Crippen LogP contribution in [-0.4, -0.2) is 19.5 Å². The first-order chi connectivity index (χ1) is 28.9. The molecule has 4 nitrogen and oxygen atoms in total. The average Bonchev–Trinajstić information content (AvgIpc) is 3.62. The molecule has 1 aliphatic heterocycles. The predicted molar refractivity (Wildman–Crippen MR) is 202 cm³/mol. The molecule has 0 fully saturated rings. The molecule has 9 aromatic rings. The minimum Gasteiger partial charge on any atom is -0.309 e. The summed E-state index contributed by atoms with van der Waals surface area (Å²) >= 11 is 0. The summed E-state index contributed by atoms with van der Waals surface area (Å²) in [5.74, 6) is -27.8. The number of para-hydroxylation sites is 2. The fraction of sp³-hybridized carbons (Fsp3) is 0.0217. The molecule has 0 N–H and O–H groups in total. The summed E-state index contributed by atoms with van der Waals surface area (Å²) < 4.78 is 151. The van der Waals surface area contributed by atoms with Crippen LogP contribution in [0.5, 0.6) is 0 Å². The fourth-order valence-electron chi connectivity index (χ4n) is 8.39. The quantitative estimate of drug-likeness (QED) is 0.0987. The van der Waals surface area contributed by atoms with Crippen LogP contribution in [0.4, 0.5) is 43.9 Å². The van der Waals surface area contributed by atoms with Crippen LogP contribution in [0.3, 0.4) is 0 Å². The molecule has 0 saturated heterocycles. The number of nitrogens with zero attached hydrogens (tertiary/aromatic N) is 4. The monoisotopic (exact) mass is 818 g/mol. The minimum atomic E-state index is -2.53. The van der Waals surface area contributed by atoms with Gasteiger partial charge in [0.1, 0.15) is 0 Å². The Balaban J connectivity index is 1.39. The Hall–Kier alpha value is -7.35. The topological polar surface area (TPSA) is 43.6 Å². The zero-order chi connectivity index (χ0) is 41.8.